The van der Waals surface area contributed by atoms with Crippen LogP contribution in [-0.4, -0.2) is 50.3 Å². The Bertz CT molecular complexity index is 176. The zero-order valence-electron chi connectivity index (χ0n) is 9.87. The number of hydrogen-bond donors (Lipinski definition) is 1. The molecule has 15 heavy (non-hydrogen) atoms. The molecule has 3 nitrogen and oxygen atoms in total. The molecule has 0 aromatic heterocycles. The minimum Gasteiger partial charge on any atom is -0.379 e. The van der Waals surface area contributed by atoms with Crippen LogP contribution in [0.15, 0.2) is 0 Å². The van der Waals surface area contributed by atoms with E-state index >= 15 is 0 Å². The number of nitrogens with one attached hydrogen (secondary N) is 1. The van der Waals surface area contributed by atoms with Gasteiger partial charge in [0.2, 0.25) is 0 Å². The highest BCUT2D eigenvalue weighted by atomic mass is 16.5. The van der Waals surface area contributed by atoms with Gasteiger partial charge in [-0.25, -0.2) is 0 Å². The quantitative estimate of drug-likeness (QED) is 0.755. The first-order valence-electron chi connectivity index (χ1n) is 6.38. The fourth-order valence-corrected chi connectivity index (χ4v) is 2.64. The van der Waals surface area contributed by atoms with Gasteiger partial charge in [-0.15, -0.1) is 0 Å². The minimum atomic E-state index is 0.793. The summed E-state index contributed by atoms with van der Waals surface area (Å²) in [6, 6.07) is 0.793. The Morgan fingerprint density at radius 3 is 2.73 bits per heavy atom. The largest absolute Gasteiger partial charge is 0.379 e. The zero-order chi connectivity index (χ0) is 10.5. The van der Waals surface area contributed by atoms with Gasteiger partial charge in [0, 0.05) is 32.2 Å². The third-order valence-corrected chi connectivity index (χ3v) is 3.66. The average molecular weight is 212 g/mol. The van der Waals surface area contributed by atoms with Crippen molar-refractivity contribution in [3.8, 4) is 0 Å². The first-order valence-corrected chi connectivity index (χ1v) is 6.38. The summed E-state index contributed by atoms with van der Waals surface area (Å²) in [5.74, 6) is 0.936. The van der Waals surface area contributed by atoms with Gasteiger partial charge in [-0.05, 0) is 25.2 Å². The highest BCUT2D eigenvalue weighted by molar-refractivity contribution is 4.78. The summed E-state index contributed by atoms with van der Waals surface area (Å²) in [5.41, 5.74) is 0. The molecule has 2 rings (SSSR count). The van der Waals surface area contributed by atoms with E-state index in [9.17, 15) is 0 Å². The Kier molecular flexibility index (Phi) is 4.42. The molecule has 3 heteroatoms. The molecule has 2 aliphatic rings. The average Bonchev–Trinajstić information content (AvgIpc) is 2.66. The number of hydrogen-bond acceptors (Lipinski definition) is 3. The van der Waals surface area contributed by atoms with Gasteiger partial charge in [-0.3, -0.25) is 4.90 Å². The SMILES string of the molecule is C[C@@H]1CC[C@@H](NCCN2CCOCC2)C1. The van der Waals surface area contributed by atoms with Crippen molar-refractivity contribution in [2.75, 3.05) is 39.4 Å². The highest BCUT2D eigenvalue weighted by Gasteiger charge is 2.20. The molecule has 0 spiro atoms. The number of nitrogens with zero attached hydrogens (tertiary/aromatic N) is 1. The summed E-state index contributed by atoms with van der Waals surface area (Å²) in [5, 5.41) is 3.68. The lowest BCUT2D eigenvalue weighted by Crippen LogP contribution is -2.41. The monoisotopic (exact) mass is 212 g/mol. The molecule has 1 saturated carbocycles. The van der Waals surface area contributed by atoms with Crippen LogP contribution >= 0.6 is 0 Å². The van der Waals surface area contributed by atoms with E-state index in [0.717, 1.165) is 44.8 Å². The van der Waals surface area contributed by atoms with E-state index in [0.29, 0.717) is 0 Å². The van der Waals surface area contributed by atoms with Crippen LogP contribution in [0, 0.1) is 5.92 Å². The Balaban J connectivity index is 1.54. The molecule has 2 atom stereocenters. The van der Waals surface area contributed by atoms with E-state index < -0.39 is 0 Å². The molecule has 88 valence electrons. The third-order valence-electron chi connectivity index (χ3n) is 3.66. The molecule has 0 amide bonds. The van der Waals surface area contributed by atoms with E-state index in [2.05, 4.69) is 17.1 Å². The summed E-state index contributed by atoms with van der Waals surface area (Å²) in [6.07, 6.45) is 4.17. The lowest BCUT2D eigenvalue weighted by atomic mass is 10.1. The normalized spacial score (nSPS) is 33.4. The molecule has 1 N–H and O–H groups in total. The van der Waals surface area contributed by atoms with Crippen molar-refractivity contribution in [1.82, 2.24) is 10.2 Å². The van der Waals surface area contributed by atoms with E-state index in [1.165, 1.54) is 25.8 Å². The lowest BCUT2D eigenvalue weighted by Gasteiger charge is -2.27. The van der Waals surface area contributed by atoms with Crippen LogP contribution in [-0.2, 0) is 4.74 Å². The summed E-state index contributed by atoms with van der Waals surface area (Å²) in [6.45, 7) is 8.77. The molecule has 0 unspecified atom stereocenters. The van der Waals surface area contributed by atoms with Gasteiger partial charge in [0.1, 0.15) is 0 Å². The second-order valence-electron chi connectivity index (χ2n) is 5.02. The Labute approximate surface area is 93.2 Å². The molecular formula is C12H24N2O. The summed E-state index contributed by atoms with van der Waals surface area (Å²) >= 11 is 0. The number of rotatable bonds is 4. The highest BCUT2D eigenvalue weighted by Crippen LogP contribution is 2.24. The topological polar surface area (TPSA) is 24.5 Å². The number of morpholine rings is 1. The second-order valence-corrected chi connectivity index (χ2v) is 5.02. The zero-order valence-corrected chi connectivity index (χ0v) is 9.87. The maximum atomic E-state index is 5.33. The second kappa shape index (κ2) is 5.83. The Morgan fingerprint density at radius 1 is 1.27 bits per heavy atom. The molecule has 1 aliphatic carbocycles. The van der Waals surface area contributed by atoms with Gasteiger partial charge >= 0.3 is 0 Å². The molecule has 0 radical (unpaired) electrons. The summed E-state index contributed by atoms with van der Waals surface area (Å²) in [4.78, 5) is 2.49. The summed E-state index contributed by atoms with van der Waals surface area (Å²) in [7, 11) is 0. The predicted molar refractivity (Wildman–Crippen MR) is 62.1 cm³/mol. The molecule has 1 heterocycles. The van der Waals surface area contributed by atoms with Crippen molar-refractivity contribution in [2.24, 2.45) is 5.92 Å². The summed E-state index contributed by atoms with van der Waals surface area (Å²) < 4.78 is 5.33. The van der Waals surface area contributed by atoms with Gasteiger partial charge in [0.05, 0.1) is 13.2 Å². The van der Waals surface area contributed by atoms with Gasteiger partial charge in [-0.1, -0.05) is 6.92 Å². The minimum absolute atomic E-state index is 0.793. The van der Waals surface area contributed by atoms with Gasteiger partial charge < -0.3 is 10.1 Å². The molecule has 0 aromatic carbocycles. The van der Waals surface area contributed by atoms with Crippen molar-refractivity contribution < 1.29 is 4.74 Å². The van der Waals surface area contributed by atoms with Crippen molar-refractivity contribution in [3.63, 3.8) is 0 Å². The van der Waals surface area contributed by atoms with Crippen LogP contribution in [0.2, 0.25) is 0 Å². The molecule has 1 saturated heterocycles. The standard InChI is InChI=1S/C12H24N2O/c1-11-2-3-12(10-11)13-4-5-14-6-8-15-9-7-14/h11-13H,2-10H2,1H3/t11-,12-/m1/s1. The molecule has 2 fully saturated rings. The van der Waals surface area contributed by atoms with E-state index in [1.54, 1.807) is 0 Å². The molecule has 0 aromatic rings. The Morgan fingerprint density at radius 2 is 2.07 bits per heavy atom. The molecule has 0 bridgehead atoms. The van der Waals surface area contributed by atoms with Crippen molar-refractivity contribution in [1.29, 1.82) is 0 Å². The van der Waals surface area contributed by atoms with Crippen LogP contribution in [0.4, 0.5) is 0 Å². The number of ether oxygens (including phenoxy) is 1. The van der Waals surface area contributed by atoms with Crippen LogP contribution in [0.25, 0.3) is 0 Å². The Hall–Kier alpha value is -0.120. The third kappa shape index (κ3) is 3.74. The smallest absolute Gasteiger partial charge is 0.0594 e. The van der Waals surface area contributed by atoms with E-state index in [1.807, 2.05) is 0 Å². The maximum Gasteiger partial charge on any atom is 0.0594 e. The van der Waals surface area contributed by atoms with E-state index in [-0.39, 0.29) is 0 Å². The van der Waals surface area contributed by atoms with Gasteiger partial charge in [0.25, 0.3) is 0 Å². The lowest BCUT2D eigenvalue weighted by molar-refractivity contribution is 0.0381. The van der Waals surface area contributed by atoms with Gasteiger partial charge in [0.15, 0.2) is 0 Å². The fraction of sp³-hybridized carbons (Fsp3) is 1.00. The predicted octanol–water partition coefficient (Wildman–Crippen LogP) is 1.10. The fourth-order valence-electron chi connectivity index (χ4n) is 2.64. The van der Waals surface area contributed by atoms with Crippen molar-refractivity contribution >= 4 is 0 Å². The molecule has 1 aliphatic heterocycles. The molecular weight excluding hydrogens is 188 g/mol. The maximum absolute atomic E-state index is 5.33. The van der Waals surface area contributed by atoms with Crippen molar-refractivity contribution in [2.45, 2.75) is 32.2 Å². The van der Waals surface area contributed by atoms with Crippen LogP contribution in [0.3, 0.4) is 0 Å². The first kappa shape index (κ1) is 11.4. The van der Waals surface area contributed by atoms with E-state index in [4.69, 9.17) is 4.74 Å². The van der Waals surface area contributed by atoms with Crippen LogP contribution in [0.5, 0.6) is 0 Å². The van der Waals surface area contributed by atoms with Gasteiger partial charge in [-0.2, -0.15) is 0 Å². The first-order chi connectivity index (χ1) is 7.34. The van der Waals surface area contributed by atoms with Crippen molar-refractivity contribution in [3.05, 3.63) is 0 Å². The van der Waals surface area contributed by atoms with Crippen LogP contribution < -0.4 is 5.32 Å². The van der Waals surface area contributed by atoms with Crippen LogP contribution in [0.1, 0.15) is 26.2 Å².